The van der Waals surface area contributed by atoms with Crippen LogP contribution in [0.4, 0.5) is 9.52 Å². The number of amides is 2. The van der Waals surface area contributed by atoms with Gasteiger partial charge in [-0.05, 0) is 49.9 Å². The number of methoxy groups -OCH3 is 1. The number of anilines is 1. The van der Waals surface area contributed by atoms with Crippen molar-refractivity contribution in [3.8, 4) is 0 Å². The predicted molar refractivity (Wildman–Crippen MR) is 156 cm³/mol. The second kappa shape index (κ2) is 11.9. The van der Waals surface area contributed by atoms with Gasteiger partial charge in [-0.3, -0.25) is 14.5 Å². The molecule has 0 spiro atoms. The van der Waals surface area contributed by atoms with Gasteiger partial charge in [-0.2, -0.15) is 5.10 Å². The van der Waals surface area contributed by atoms with Gasteiger partial charge in [0.2, 0.25) is 5.91 Å². The normalized spacial score (nSPS) is 27.6. The van der Waals surface area contributed by atoms with Gasteiger partial charge in [-0.25, -0.2) is 14.4 Å². The van der Waals surface area contributed by atoms with Crippen LogP contribution < -0.4 is 10.3 Å². The maximum absolute atomic E-state index is 13.7. The van der Waals surface area contributed by atoms with E-state index in [4.69, 9.17) is 4.74 Å². The third kappa shape index (κ3) is 5.91. The van der Waals surface area contributed by atoms with Crippen molar-refractivity contribution in [2.24, 2.45) is 21.4 Å². The highest BCUT2D eigenvalue weighted by Gasteiger charge is 2.46. The number of hydrazone groups is 1. The number of nitrogens with zero attached hydrogens (tertiary/aromatic N) is 6. The maximum Gasteiger partial charge on any atom is 0.255 e. The SMILES string of the molecule is COCC1(C(=O)N=C2CCC3NN=C(c4ccc(F)cc4)C3C2)CCN(CC(=O)N2CCN(c3nccs3)CC2)C1. The van der Waals surface area contributed by atoms with Crippen LogP contribution in [0.2, 0.25) is 0 Å². The Morgan fingerprint density at radius 2 is 2.00 bits per heavy atom. The zero-order valence-corrected chi connectivity index (χ0v) is 24.1. The van der Waals surface area contributed by atoms with E-state index in [1.54, 1.807) is 36.8 Å². The largest absolute Gasteiger partial charge is 0.384 e. The quantitative estimate of drug-likeness (QED) is 0.536. The molecule has 41 heavy (non-hydrogen) atoms. The summed E-state index contributed by atoms with van der Waals surface area (Å²) >= 11 is 1.62. The van der Waals surface area contributed by atoms with Gasteiger partial charge in [-0.1, -0.05) is 12.1 Å². The zero-order chi connectivity index (χ0) is 28.4. The standard InChI is InChI=1S/C29H36FN7O3S/c1-40-19-29(8-10-35(18-29)17-25(38)36-11-13-37(14-12-36)28-31-9-15-41-28)27(39)32-22-6-7-24-23(16-22)26(34-33-24)20-2-4-21(30)5-3-20/h2-5,9,15,23-24,33H,6-8,10-14,16-19H2,1H3. The molecule has 1 aromatic heterocycles. The summed E-state index contributed by atoms with van der Waals surface area (Å²) in [5.41, 5.74) is 5.11. The Morgan fingerprint density at radius 1 is 1.20 bits per heavy atom. The minimum Gasteiger partial charge on any atom is -0.384 e. The van der Waals surface area contributed by atoms with Crippen molar-refractivity contribution in [1.82, 2.24) is 20.2 Å². The maximum atomic E-state index is 13.7. The number of aliphatic imine (C=N–C) groups is 1. The monoisotopic (exact) mass is 581 g/mol. The Balaban J connectivity index is 1.07. The Kier molecular flexibility index (Phi) is 8.14. The Hall–Kier alpha value is -3.22. The Morgan fingerprint density at radius 3 is 2.73 bits per heavy atom. The number of thiazole rings is 1. The van der Waals surface area contributed by atoms with Crippen molar-refractivity contribution >= 4 is 39.7 Å². The first-order chi connectivity index (χ1) is 19.9. The number of hydrogen-bond donors (Lipinski definition) is 1. The van der Waals surface area contributed by atoms with Crippen LogP contribution in [-0.2, 0) is 14.3 Å². The first-order valence-corrected chi connectivity index (χ1v) is 15.2. The Bertz CT molecular complexity index is 1310. The number of rotatable bonds is 7. The van der Waals surface area contributed by atoms with E-state index >= 15 is 0 Å². The molecule has 0 radical (unpaired) electrons. The van der Waals surface area contributed by atoms with Crippen molar-refractivity contribution in [3.05, 3.63) is 47.2 Å². The molecule has 3 fully saturated rings. The molecule has 3 atom stereocenters. The van der Waals surface area contributed by atoms with E-state index in [0.29, 0.717) is 45.6 Å². The summed E-state index contributed by atoms with van der Waals surface area (Å²) < 4.78 is 19.0. The van der Waals surface area contributed by atoms with Gasteiger partial charge in [0.25, 0.3) is 5.91 Å². The molecular weight excluding hydrogens is 545 g/mol. The number of likely N-dealkylation sites (tertiary alicyclic amines) is 1. The first kappa shape index (κ1) is 27.9. The number of fused-ring (bicyclic) bond motifs is 1. The van der Waals surface area contributed by atoms with E-state index in [0.717, 1.165) is 48.0 Å². The van der Waals surface area contributed by atoms with E-state index in [1.807, 2.05) is 10.3 Å². The summed E-state index contributed by atoms with van der Waals surface area (Å²) in [6, 6.07) is 6.57. The molecule has 0 bridgehead atoms. The highest BCUT2D eigenvalue weighted by Crippen LogP contribution is 2.35. The van der Waals surface area contributed by atoms with Crippen LogP contribution >= 0.6 is 11.3 Å². The van der Waals surface area contributed by atoms with Crippen LogP contribution in [0.3, 0.4) is 0 Å². The second-order valence-electron chi connectivity index (χ2n) is 11.4. The molecule has 12 heteroatoms. The van der Waals surface area contributed by atoms with Gasteiger partial charge in [0, 0.05) is 63.0 Å². The van der Waals surface area contributed by atoms with E-state index in [2.05, 4.69) is 30.3 Å². The molecule has 2 amide bonds. The van der Waals surface area contributed by atoms with Crippen LogP contribution in [-0.4, -0.2) is 104 Å². The van der Waals surface area contributed by atoms with Crippen molar-refractivity contribution in [2.45, 2.75) is 31.7 Å². The van der Waals surface area contributed by atoms with Crippen molar-refractivity contribution in [3.63, 3.8) is 0 Å². The number of nitrogens with one attached hydrogen (secondary N) is 1. The van der Waals surface area contributed by atoms with Gasteiger partial charge in [-0.15, -0.1) is 11.3 Å². The molecule has 4 heterocycles. The third-order valence-electron chi connectivity index (χ3n) is 8.78. The lowest BCUT2D eigenvalue weighted by molar-refractivity contribution is -0.134. The minimum atomic E-state index is -0.760. The van der Waals surface area contributed by atoms with Gasteiger partial charge in [0.15, 0.2) is 5.13 Å². The van der Waals surface area contributed by atoms with Crippen LogP contribution in [0.1, 0.15) is 31.2 Å². The fourth-order valence-corrected chi connectivity index (χ4v) is 7.19. The lowest BCUT2D eigenvalue weighted by Crippen LogP contribution is -2.51. The van der Waals surface area contributed by atoms with Gasteiger partial charge >= 0.3 is 0 Å². The van der Waals surface area contributed by atoms with Crippen LogP contribution in [0.25, 0.3) is 0 Å². The molecule has 1 aromatic carbocycles. The molecule has 3 aliphatic heterocycles. The molecule has 218 valence electrons. The lowest BCUT2D eigenvalue weighted by Gasteiger charge is -2.35. The lowest BCUT2D eigenvalue weighted by atomic mass is 9.79. The third-order valence-corrected chi connectivity index (χ3v) is 9.61. The number of ether oxygens (including phenoxy) is 1. The Labute approximate surface area is 243 Å². The van der Waals surface area contributed by atoms with Crippen molar-refractivity contribution < 1.29 is 18.7 Å². The number of carbonyl (C=O) groups is 2. The summed E-state index contributed by atoms with van der Waals surface area (Å²) in [5, 5.41) is 7.51. The topological polar surface area (TPSA) is 103 Å². The fraction of sp³-hybridized carbons (Fsp3) is 0.552. The van der Waals surface area contributed by atoms with E-state index in [9.17, 15) is 14.0 Å². The smallest absolute Gasteiger partial charge is 0.255 e. The number of benzene rings is 1. The van der Waals surface area contributed by atoms with Crippen molar-refractivity contribution in [1.29, 1.82) is 0 Å². The summed E-state index contributed by atoms with van der Waals surface area (Å²) in [5.74, 6) is -0.257. The number of halogens is 1. The summed E-state index contributed by atoms with van der Waals surface area (Å²) in [4.78, 5) is 42.1. The average Bonchev–Trinajstić information content (AvgIpc) is 3.75. The summed E-state index contributed by atoms with van der Waals surface area (Å²) in [6.45, 7) is 4.55. The molecule has 1 N–H and O–H groups in total. The van der Waals surface area contributed by atoms with Crippen LogP contribution in [0.15, 0.2) is 45.9 Å². The molecule has 1 aliphatic carbocycles. The second-order valence-corrected chi connectivity index (χ2v) is 12.3. The number of aromatic nitrogens is 1. The summed E-state index contributed by atoms with van der Waals surface area (Å²) in [7, 11) is 1.61. The molecule has 1 saturated carbocycles. The average molecular weight is 582 g/mol. The molecule has 3 unspecified atom stereocenters. The van der Waals surface area contributed by atoms with E-state index in [1.165, 1.54) is 12.1 Å². The van der Waals surface area contributed by atoms with Gasteiger partial charge < -0.3 is 20.0 Å². The van der Waals surface area contributed by atoms with E-state index < -0.39 is 5.41 Å². The van der Waals surface area contributed by atoms with Crippen molar-refractivity contribution in [2.75, 3.05) is 64.4 Å². The van der Waals surface area contributed by atoms with E-state index in [-0.39, 0.29) is 36.2 Å². The predicted octanol–water partition coefficient (Wildman–Crippen LogP) is 2.41. The highest BCUT2D eigenvalue weighted by atomic mass is 32.1. The number of hydrogen-bond acceptors (Lipinski definition) is 9. The molecule has 6 rings (SSSR count). The van der Waals surface area contributed by atoms with Crippen LogP contribution in [0.5, 0.6) is 0 Å². The van der Waals surface area contributed by atoms with Crippen LogP contribution in [0, 0.1) is 17.2 Å². The first-order valence-electron chi connectivity index (χ1n) is 14.3. The highest BCUT2D eigenvalue weighted by molar-refractivity contribution is 7.13. The molecular formula is C29H36FN7O3S. The zero-order valence-electron chi connectivity index (χ0n) is 23.3. The minimum absolute atomic E-state index is 0.0906. The summed E-state index contributed by atoms with van der Waals surface area (Å²) in [6.07, 6.45) is 4.61. The van der Waals surface area contributed by atoms with Gasteiger partial charge in [0.05, 0.1) is 30.3 Å². The molecule has 2 saturated heterocycles. The van der Waals surface area contributed by atoms with Gasteiger partial charge in [0.1, 0.15) is 5.82 Å². The molecule has 4 aliphatic rings. The molecule has 2 aromatic rings. The number of carbonyl (C=O) groups excluding carboxylic acids is 2. The molecule has 10 nitrogen and oxygen atoms in total. The number of piperazine rings is 1. The fourth-order valence-electron chi connectivity index (χ4n) is 6.50.